The van der Waals surface area contributed by atoms with Gasteiger partial charge in [0.1, 0.15) is 0 Å². The molecular formula is C17H34N2O2. The van der Waals surface area contributed by atoms with Crippen molar-refractivity contribution in [3.8, 4) is 0 Å². The van der Waals surface area contributed by atoms with Crippen LogP contribution in [0.5, 0.6) is 0 Å². The minimum atomic E-state index is -0.680. The summed E-state index contributed by atoms with van der Waals surface area (Å²) in [6, 6.07) is 0. The smallest absolute Gasteiger partial charge is 0.220 e. The van der Waals surface area contributed by atoms with E-state index in [4.69, 9.17) is 5.73 Å². The first kappa shape index (κ1) is 18.4. The van der Waals surface area contributed by atoms with Crippen LogP contribution in [0.4, 0.5) is 0 Å². The van der Waals surface area contributed by atoms with Crippen LogP contribution < -0.4 is 11.1 Å². The fourth-order valence-corrected chi connectivity index (χ4v) is 3.26. The lowest BCUT2D eigenvalue weighted by atomic mass is 9.88. The number of carbonyl (C=O) groups excluding carboxylic acids is 1. The van der Waals surface area contributed by atoms with Crippen molar-refractivity contribution < 1.29 is 9.90 Å². The molecule has 4 heteroatoms. The molecule has 1 aliphatic rings. The lowest BCUT2D eigenvalue weighted by molar-refractivity contribution is -0.122. The lowest BCUT2D eigenvalue weighted by Gasteiger charge is -2.27. The van der Waals surface area contributed by atoms with Crippen LogP contribution >= 0.6 is 0 Å². The van der Waals surface area contributed by atoms with E-state index in [-0.39, 0.29) is 5.91 Å². The quantitative estimate of drug-likeness (QED) is 0.603. The summed E-state index contributed by atoms with van der Waals surface area (Å²) in [6.45, 7) is 5.47. The number of amides is 1. The summed E-state index contributed by atoms with van der Waals surface area (Å²) < 4.78 is 0. The Morgan fingerprint density at radius 2 is 1.81 bits per heavy atom. The van der Waals surface area contributed by atoms with Gasteiger partial charge in [-0.1, -0.05) is 39.5 Å². The highest BCUT2D eigenvalue weighted by Crippen LogP contribution is 2.26. The fraction of sp³-hybridized carbons (Fsp3) is 0.941. The predicted molar refractivity (Wildman–Crippen MR) is 86.9 cm³/mol. The monoisotopic (exact) mass is 298 g/mol. The Morgan fingerprint density at radius 1 is 1.19 bits per heavy atom. The lowest BCUT2D eigenvalue weighted by Crippen LogP contribution is -2.42. The van der Waals surface area contributed by atoms with Gasteiger partial charge in [-0.3, -0.25) is 4.79 Å². The van der Waals surface area contributed by atoms with E-state index in [0.29, 0.717) is 31.3 Å². The van der Waals surface area contributed by atoms with E-state index in [9.17, 15) is 9.90 Å². The van der Waals surface area contributed by atoms with Crippen LogP contribution in [0.15, 0.2) is 0 Å². The van der Waals surface area contributed by atoms with Gasteiger partial charge in [0.05, 0.1) is 5.60 Å². The summed E-state index contributed by atoms with van der Waals surface area (Å²) in [5.41, 5.74) is 4.95. The molecule has 124 valence electrons. The van der Waals surface area contributed by atoms with Crippen LogP contribution in [0, 0.1) is 11.8 Å². The molecule has 1 amide bonds. The second kappa shape index (κ2) is 9.42. The third-order valence-electron chi connectivity index (χ3n) is 4.87. The predicted octanol–water partition coefficient (Wildman–Crippen LogP) is 2.59. The van der Waals surface area contributed by atoms with Crippen molar-refractivity contribution in [2.45, 2.75) is 77.2 Å². The van der Waals surface area contributed by atoms with Crippen LogP contribution in [0.25, 0.3) is 0 Å². The van der Waals surface area contributed by atoms with Crippen molar-refractivity contribution in [1.82, 2.24) is 5.32 Å². The number of carbonyl (C=O) groups is 1. The maximum Gasteiger partial charge on any atom is 0.220 e. The van der Waals surface area contributed by atoms with Crippen molar-refractivity contribution in [2.24, 2.45) is 17.6 Å². The number of rotatable bonds is 8. The third kappa shape index (κ3) is 7.28. The highest BCUT2D eigenvalue weighted by Gasteiger charge is 2.28. The van der Waals surface area contributed by atoms with Crippen LogP contribution in [-0.2, 0) is 4.79 Å². The van der Waals surface area contributed by atoms with Gasteiger partial charge in [-0.2, -0.15) is 0 Å². The minimum Gasteiger partial charge on any atom is -0.388 e. The molecule has 1 aliphatic carbocycles. The molecule has 0 aromatic carbocycles. The van der Waals surface area contributed by atoms with E-state index in [0.717, 1.165) is 38.5 Å². The first-order chi connectivity index (χ1) is 9.97. The summed E-state index contributed by atoms with van der Waals surface area (Å²) in [5.74, 6) is 1.14. The van der Waals surface area contributed by atoms with Crippen LogP contribution in [0.2, 0.25) is 0 Å². The first-order valence-corrected chi connectivity index (χ1v) is 8.66. The highest BCUT2D eigenvalue weighted by molar-refractivity contribution is 5.75. The van der Waals surface area contributed by atoms with Gasteiger partial charge in [-0.05, 0) is 44.1 Å². The van der Waals surface area contributed by atoms with Crippen LogP contribution in [0.1, 0.15) is 71.6 Å². The SMILES string of the molecule is CC(C)C(CCN)CCC(=O)NCC1(O)CCCCCC1. The Bertz CT molecular complexity index is 297. The molecule has 0 bridgehead atoms. The van der Waals surface area contributed by atoms with E-state index in [1.807, 2.05) is 0 Å². The molecule has 0 saturated heterocycles. The number of aliphatic hydroxyl groups is 1. The van der Waals surface area contributed by atoms with Crippen molar-refractivity contribution in [2.75, 3.05) is 13.1 Å². The van der Waals surface area contributed by atoms with Gasteiger partial charge in [-0.15, -0.1) is 0 Å². The Hall–Kier alpha value is -0.610. The van der Waals surface area contributed by atoms with Crippen LogP contribution in [0.3, 0.4) is 0 Å². The normalized spacial score (nSPS) is 20.0. The van der Waals surface area contributed by atoms with E-state index in [1.165, 1.54) is 12.8 Å². The molecule has 1 fully saturated rings. The molecule has 1 saturated carbocycles. The zero-order chi connectivity index (χ0) is 15.7. The standard InChI is InChI=1S/C17H34N2O2/c1-14(2)15(9-12-18)7-8-16(20)19-13-17(21)10-5-3-4-6-11-17/h14-15,21H,3-13,18H2,1-2H3,(H,19,20). The topological polar surface area (TPSA) is 75.4 Å². The Balaban J connectivity index is 2.29. The second-order valence-electron chi connectivity index (χ2n) is 7.04. The van der Waals surface area contributed by atoms with E-state index >= 15 is 0 Å². The summed E-state index contributed by atoms with van der Waals surface area (Å²) in [5, 5.41) is 13.5. The molecular weight excluding hydrogens is 264 g/mol. The summed E-state index contributed by atoms with van der Waals surface area (Å²) >= 11 is 0. The Kier molecular flexibility index (Phi) is 8.27. The number of hydrogen-bond acceptors (Lipinski definition) is 3. The van der Waals surface area contributed by atoms with Gasteiger partial charge in [0, 0.05) is 13.0 Å². The maximum atomic E-state index is 12.0. The van der Waals surface area contributed by atoms with Crippen molar-refractivity contribution in [3.05, 3.63) is 0 Å². The van der Waals surface area contributed by atoms with E-state index < -0.39 is 5.60 Å². The van der Waals surface area contributed by atoms with E-state index in [2.05, 4.69) is 19.2 Å². The maximum absolute atomic E-state index is 12.0. The molecule has 0 aromatic rings. The third-order valence-corrected chi connectivity index (χ3v) is 4.87. The minimum absolute atomic E-state index is 0.0651. The van der Waals surface area contributed by atoms with Crippen molar-refractivity contribution in [3.63, 3.8) is 0 Å². The Morgan fingerprint density at radius 3 is 2.33 bits per heavy atom. The summed E-state index contributed by atoms with van der Waals surface area (Å²) in [6.07, 6.45) is 8.57. The summed E-state index contributed by atoms with van der Waals surface area (Å²) in [4.78, 5) is 12.0. The van der Waals surface area contributed by atoms with Gasteiger partial charge >= 0.3 is 0 Å². The van der Waals surface area contributed by atoms with Gasteiger partial charge < -0.3 is 16.2 Å². The van der Waals surface area contributed by atoms with Gasteiger partial charge in [0.2, 0.25) is 5.91 Å². The molecule has 0 radical (unpaired) electrons. The molecule has 21 heavy (non-hydrogen) atoms. The number of nitrogens with one attached hydrogen (secondary N) is 1. The Labute approximate surface area is 129 Å². The summed E-state index contributed by atoms with van der Waals surface area (Å²) in [7, 11) is 0. The van der Waals surface area contributed by atoms with E-state index in [1.54, 1.807) is 0 Å². The molecule has 4 N–H and O–H groups in total. The molecule has 4 nitrogen and oxygen atoms in total. The highest BCUT2D eigenvalue weighted by atomic mass is 16.3. The zero-order valence-electron chi connectivity index (χ0n) is 13.9. The molecule has 0 aromatic heterocycles. The average Bonchev–Trinajstić information content (AvgIpc) is 2.66. The fourth-order valence-electron chi connectivity index (χ4n) is 3.26. The first-order valence-electron chi connectivity index (χ1n) is 8.66. The van der Waals surface area contributed by atoms with Crippen molar-refractivity contribution in [1.29, 1.82) is 0 Å². The van der Waals surface area contributed by atoms with Gasteiger partial charge in [0.25, 0.3) is 0 Å². The van der Waals surface area contributed by atoms with Crippen LogP contribution in [-0.4, -0.2) is 29.7 Å². The van der Waals surface area contributed by atoms with Crippen molar-refractivity contribution >= 4 is 5.91 Å². The number of hydrogen-bond donors (Lipinski definition) is 3. The molecule has 1 atom stereocenters. The average molecular weight is 298 g/mol. The van der Waals surface area contributed by atoms with Gasteiger partial charge in [-0.25, -0.2) is 0 Å². The molecule has 1 rings (SSSR count). The molecule has 0 aliphatic heterocycles. The van der Waals surface area contributed by atoms with Gasteiger partial charge in [0.15, 0.2) is 0 Å². The largest absolute Gasteiger partial charge is 0.388 e. The second-order valence-corrected chi connectivity index (χ2v) is 7.04. The molecule has 1 unspecified atom stereocenters. The zero-order valence-corrected chi connectivity index (χ0v) is 13.9. The molecule has 0 heterocycles. The molecule has 0 spiro atoms. The number of nitrogens with two attached hydrogens (primary N) is 1.